The number of hydrogen-bond donors (Lipinski definition) is 2. The molecule has 2 saturated heterocycles. The van der Waals surface area contributed by atoms with Gasteiger partial charge in [0.1, 0.15) is 0 Å². The number of guanidine groups is 1. The fourth-order valence-corrected chi connectivity index (χ4v) is 4.42. The first kappa shape index (κ1) is 23.2. The molecule has 28 heavy (non-hydrogen) atoms. The zero-order valence-electron chi connectivity index (χ0n) is 17.1. The van der Waals surface area contributed by atoms with Crippen molar-refractivity contribution in [3.63, 3.8) is 0 Å². The number of halogens is 1. The van der Waals surface area contributed by atoms with Crippen LogP contribution >= 0.6 is 24.0 Å². The molecule has 1 saturated carbocycles. The maximum atomic E-state index is 12.6. The first-order chi connectivity index (χ1) is 13.2. The molecule has 0 aromatic heterocycles. The van der Waals surface area contributed by atoms with Gasteiger partial charge in [-0.1, -0.05) is 12.8 Å². The van der Waals surface area contributed by atoms with Gasteiger partial charge in [-0.25, -0.2) is 0 Å². The second kappa shape index (κ2) is 11.8. The van der Waals surface area contributed by atoms with Crippen LogP contribution in [0.5, 0.6) is 0 Å². The number of aliphatic imine (C=N–C) groups is 1. The highest BCUT2D eigenvalue weighted by Crippen LogP contribution is 2.27. The molecule has 1 aliphatic carbocycles. The summed E-state index contributed by atoms with van der Waals surface area (Å²) in [5, 5.41) is 6.79. The van der Waals surface area contributed by atoms with Crippen molar-refractivity contribution in [1.29, 1.82) is 0 Å². The van der Waals surface area contributed by atoms with Crippen LogP contribution in [0.4, 0.5) is 0 Å². The van der Waals surface area contributed by atoms with E-state index in [4.69, 9.17) is 0 Å². The molecule has 2 amide bonds. The summed E-state index contributed by atoms with van der Waals surface area (Å²) in [6, 6.07) is 0.272. The van der Waals surface area contributed by atoms with E-state index in [1.54, 1.807) is 0 Å². The summed E-state index contributed by atoms with van der Waals surface area (Å²) < 4.78 is 0. The molecule has 3 rings (SSSR count). The lowest BCUT2D eigenvalue weighted by Crippen LogP contribution is -2.45. The van der Waals surface area contributed by atoms with Gasteiger partial charge in [-0.2, -0.15) is 0 Å². The number of nitrogens with zero attached hydrogens (tertiary/aromatic N) is 3. The van der Waals surface area contributed by atoms with E-state index in [1.165, 1.54) is 12.8 Å². The molecule has 0 spiro atoms. The summed E-state index contributed by atoms with van der Waals surface area (Å²) in [5.74, 6) is 1.72. The molecular weight excluding hydrogens is 469 g/mol. The van der Waals surface area contributed by atoms with Crippen LogP contribution in [-0.2, 0) is 9.59 Å². The van der Waals surface area contributed by atoms with Crippen molar-refractivity contribution >= 4 is 41.8 Å². The monoisotopic (exact) mass is 505 g/mol. The number of carbonyl (C=O) groups is 2. The van der Waals surface area contributed by atoms with E-state index in [0.29, 0.717) is 18.9 Å². The third-order valence-corrected chi connectivity index (χ3v) is 5.92. The fourth-order valence-electron chi connectivity index (χ4n) is 4.42. The molecular formula is C20H36IN5O2. The summed E-state index contributed by atoms with van der Waals surface area (Å²) in [5.41, 5.74) is 0. The Kier molecular flexibility index (Phi) is 9.81. The molecule has 160 valence electrons. The summed E-state index contributed by atoms with van der Waals surface area (Å²) >= 11 is 0. The smallest absolute Gasteiger partial charge is 0.225 e. The van der Waals surface area contributed by atoms with Crippen LogP contribution in [0.3, 0.4) is 0 Å². The van der Waals surface area contributed by atoms with Crippen LogP contribution in [0.2, 0.25) is 0 Å². The Morgan fingerprint density at radius 3 is 2.64 bits per heavy atom. The number of rotatable bonds is 7. The van der Waals surface area contributed by atoms with Gasteiger partial charge in [0.05, 0.1) is 0 Å². The Bertz CT molecular complexity index is 551. The molecule has 0 aromatic rings. The van der Waals surface area contributed by atoms with E-state index in [9.17, 15) is 9.59 Å². The lowest BCUT2D eigenvalue weighted by molar-refractivity contribution is -0.134. The third-order valence-electron chi connectivity index (χ3n) is 5.92. The Morgan fingerprint density at radius 2 is 1.96 bits per heavy atom. The SMILES string of the molecule is CCNC(=NCCCN1CCCC1=O)NC1CCN(C(=O)C2CCCC2)C1.I. The number of nitrogens with one attached hydrogen (secondary N) is 2. The molecule has 0 bridgehead atoms. The van der Waals surface area contributed by atoms with Gasteiger partial charge in [0, 0.05) is 57.6 Å². The van der Waals surface area contributed by atoms with Gasteiger partial charge in [-0.15, -0.1) is 24.0 Å². The van der Waals surface area contributed by atoms with Crippen LogP contribution in [0.15, 0.2) is 4.99 Å². The summed E-state index contributed by atoms with van der Waals surface area (Å²) in [7, 11) is 0. The summed E-state index contributed by atoms with van der Waals surface area (Å²) in [4.78, 5) is 32.9. The molecule has 8 heteroatoms. The largest absolute Gasteiger partial charge is 0.357 e. The Hall–Kier alpha value is -1.06. The highest BCUT2D eigenvalue weighted by molar-refractivity contribution is 14.0. The average Bonchev–Trinajstić information content (AvgIpc) is 3.41. The maximum Gasteiger partial charge on any atom is 0.225 e. The van der Waals surface area contributed by atoms with Gasteiger partial charge in [0.15, 0.2) is 5.96 Å². The molecule has 2 aliphatic heterocycles. The van der Waals surface area contributed by atoms with Crippen molar-refractivity contribution in [3.05, 3.63) is 0 Å². The van der Waals surface area contributed by atoms with Gasteiger partial charge in [-0.05, 0) is 39.0 Å². The van der Waals surface area contributed by atoms with E-state index in [2.05, 4.69) is 22.5 Å². The molecule has 2 heterocycles. The standard InChI is InChI=1S/C20H35N5O2.HI/c1-2-21-20(22-11-6-13-24-12-5-9-18(24)26)23-17-10-14-25(15-17)19(27)16-7-3-4-8-16;/h16-17H,2-15H2,1H3,(H2,21,22,23);1H. The first-order valence-electron chi connectivity index (χ1n) is 10.8. The molecule has 1 unspecified atom stereocenters. The van der Waals surface area contributed by atoms with Crippen molar-refractivity contribution in [2.24, 2.45) is 10.9 Å². The van der Waals surface area contributed by atoms with Gasteiger partial charge < -0.3 is 20.4 Å². The van der Waals surface area contributed by atoms with Crippen molar-refractivity contribution < 1.29 is 9.59 Å². The highest BCUT2D eigenvalue weighted by Gasteiger charge is 2.32. The predicted molar refractivity (Wildman–Crippen MR) is 122 cm³/mol. The number of amides is 2. The zero-order valence-corrected chi connectivity index (χ0v) is 19.5. The molecule has 3 fully saturated rings. The lowest BCUT2D eigenvalue weighted by atomic mass is 10.1. The maximum absolute atomic E-state index is 12.6. The van der Waals surface area contributed by atoms with E-state index in [0.717, 1.165) is 70.8 Å². The van der Waals surface area contributed by atoms with Crippen LogP contribution in [0.25, 0.3) is 0 Å². The van der Waals surface area contributed by atoms with Crippen LogP contribution < -0.4 is 10.6 Å². The molecule has 0 aromatic carbocycles. The fraction of sp³-hybridized carbons (Fsp3) is 0.850. The van der Waals surface area contributed by atoms with Crippen LogP contribution in [0.1, 0.15) is 58.3 Å². The number of likely N-dealkylation sites (tertiary alicyclic amines) is 2. The lowest BCUT2D eigenvalue weighted by Gasteiger charge is -2.21. The van der Waals surface area contributed by atoms with Crippen molar-refractivity contribution in [1.82, 2.24) is 20.4 Å². The number of hydrogen-bond acceptors (Lipinski definition) is 3. The second-order valence-corrected chi connectivity index (χ2v) is 7.99. The van der Waals surface area contributed by atoms with Crippen LogP contribution in [0, 0.1) is 5.92 Å². The van der Waals surface area contributed by atoms with E-state index >= 15 is 0 Å². The summed E-state index contributed by atoms with van der Waals surface area (Å²) in [6.45, 7) is 6.91. The Balaban J connectivity index is 0.00000280. The second-order valence-electron chi connectivity index (χ2n) is 7.99. The minimum absolute atomic E-state index is 0. The molecule has 3 aliphatic rings. The highest BCUT2D eigenvalue weighted by atomic mass is 127. The molecule has 1 atom stereocenters. The quantitative estimate of drug-likeness (QED) is 0.240. The van der Waals surface area contributed by atoms with E-state index in [1.807, 2.05) is 9.80 Å². The predicted octanol–water partition coefficient (Wildman–Crippen LogP) is 1.96. The number of carbonyl (C=O) groups excluding carboxylic acids is 2. The topological polar surface area (TPSA) is 77.0 Å². The van der Waals surface area contributed by atoms with Crippen LogP contribution in [-0.4, -0.2) is 72.9 Å². The van der Waals surface area contributed by atoms with Crippen molar-refractivity contribution in [3.8, 4) is 0 Å². The van der Waals surface area contributed by atoms with Gasteiger partial charge in [0.25, 0.3) is 0 Å². The minimum atomic E-state index is 0. The van der Waals surface area contributed by atoms with Crippen molar-refractivity contribution in [2.75, 3.05) is 39.3 Å². The molecule has 2 N–H and O–H groups in total. The Labute approximate surface area is 186 Å². The Morgan fingerprint density at radius 1 is 1.18 bits per heavy atom. The average molecular weight is 505 g/mol. The van der Waals surface area contributed by atoms with E-state index in [-0.39, 0.29) is 41.8 Å². The first-order valence-corrected chi connectivity index (χ1v) is 10.8. The van der Waals surface area contributed by atoms with Gasteiger partial charge in [0.2, 0.25) is 11.8 Å². The molecule has 0 radical (unpaired) electrons. The normalized spacial score (nSPS) is 23.2. The third kappa shape index (κ3) is 6.49. The zero-order chi connectivity index (χ0) is 19.1. The summed E-state index contributed by atoms with van der Waals surface area (Å²) in [6.07, 6.45) is 8.09. The molecule has 7 nitrogen and oxygen atoms in total. The van der Waals surface area contributed by atoms with Gasteiger partial charge in [-0.3, -0.25) is 14.6 Å². The minimum Gasteiger partial charge on any atom is -0.357 e. The van der Waals surface area contributed by atoms with Crippen molar-refractivity contribution in [2.45, 2.75) is 64.3 Å². The van der Waals surface area contributed by atoms with E-state index < -0.39 is 0 Å². The van der Waals surface area contributed by atoms with Gasteiger partial charge >= 0.3 is 0 Å².